The summed E-state index contributed by atoms with van der Waals surface area (Å²) in [5.74, 6) is 8.40. The molecule has 20 heavy (non-hydrogen) atoms. The van der Waals surface area contributed by atoms with E-state index in [2.05, 4.69) is 25.6 Å². The van der Waals surface area contributed by atoms with E-state index in [9.17, 15) is 0 Å². The van der Waals surface area contributed by atoms with Gasteiger partial charge in [0.25, 0.3) is 0 Å². The van der Waals surface area contributed by atoms with Crippen LogP contribution in [0.5, 0.6) is 0 Å². The molecule has 110 valence electrons. The Morgan fingerprint density at radius 2 is 2.00 bits per heavy atom. The third-order valence-electron chi connectivity index (χ3n) is 3.67. The normalized spacial score (nSPS) is 19.9. The lowest BCUT2D eigenvalue weighted by molar-refractivity contribution is 0.0398. The van der Waals surface area contributed by atoms with Crippen molar-refractivity contribution in [1.82, 2.24) is 14.9 Å². The maximum absolute atomic E-state index is 5.46. The molecule has 1 aliphatic heterocycles. The lowest BCUT2D eigenvalue weighted by atomic mass is 10.3. The molecule has 7 heteroatoms. The van der Waals surface area contributed by atoms with Crippen LogP contribution in [-0.2, 0) is 4.74 Å². The monoisotopic (exact) mass is 278 g/mol. The van der Waals surface area contributed by atoms with E-state index in [0.29, 0.717) is 11.7 Å². The van der Waals surface area contributed by atoms with Gasteiger partial charge in [-0.1, -0.05) is 0 Å². The molecule has 1 aromatic rings. The molecule has 1 aliphatic carbocycles. The van der Waals surface area contributed by atoms with E-state index >= 15 is 0 Å². The number of rotatable bonds is 6. The van der Waals surface area contributed by atoms with Gasteiger partial charge in [0.1, 0.15) is 17.5 Å². The third kappa shape index (κ3) is 3.56. The molecule has 7 nitrogen and oxygen atoms in total. The molecule has 0 atom stereocenters. The number of aromatic nitrogens is 2. The summed E-state index contributed by atoms with van der Waals surface area (Å²) in [6.45, 7) is 5.55. The number of hydrazine groups is 1. The van der Waals surface area contributed by atoms with Gasteiger partial charge in [0.2, 0.25) is 0 Å². The predicted molar refractivity (Wildman–Crippen MR) is 77.6 cm³/mol. The summed E-state index contributed by atoms with van der Waals surface area (Å²) in [7, 11) is 0. The van der Waals surface area contributed by atoms with Crippen LogP contribution in [0.25, 0.3) is 0 Å². The quantitative estimate of drug-likeness (QED) is 0.512. The average molecular weight is 278 g/mol. The lowest BCUT2D eigenvalue weighted by Crippen LogP contribution is -2.39. The molecule has 1 aromatic heterocycles. The number of hydrogen-bond acceptors (Lipinski definition) is 7. The molecule has 1 saturated heterocycles. The Morgan fingerprint density at radius 1 is 1.25 bits per heavy atom. The van der Waals surface area contributed by atoms with Gasteiger partial charge in [-0.15, -0.1) is 0 Å². The predicted octanol–water partition coefficient (Wildman–Crippen LogP) is 0.384. The molecule has 0 radical (unpaired) electrons. The van der Waals surface area contributed by atoms with Gasteiger partial charge < -0.3 is 15.5 Å². The Bertz CT molecular complexity index is 444. The first-order chi connectivity index (χ1) is 9.85. The maximum Gasteiger partial charge on any atom is 0.145 e. The van der Waals surface area contributed by atoms with Crippen LogP contribution < -0.4 is 16.6 Å². The van der Waals surface area contributed by atoms with Crippen molar-refractivity contribution in [2.75, 3.05) is 50.1 Å². The number of morpholine rings is 1. The fourth-order valence-corrected chi connectivity index (χ4v) is 2.32. The third-order valence-corrected chi connectivity index (χ3v) is 3.67. The van der Waals surface area contributed by atoms with Crippen molar-refractivity contribution in [2.45, 2.75) is 18.8 Å². The van der Waals surface area contributed by atoms with E-state index in [-0.39, 0.29) is 0 Å². The Morgan fingerprint density at radius 3 is 2.70 bits per heavy atom. The lowest BCUT2D eigenvalue weighted by Gasteiger charge is -2.26. The first-order valence-corrected chi connectivity index (χ1v) is 7.25. The number of nitrogens with one attached hydrogen (secondary N) is 2. The standard InChI is InChI=1S/C13H22N6O/c14-18-12-9-11(16-13(17-12)10-1-2-10)15-3-4-19-5-7-20-8-6-19/h9-10H,1-8,14H2,(H2,15,16,17,18). The summed E-state index contributed by atoms with van der Waals surface area (Å²) in [6.07, 6.45) is 2.36. The first-order valence-electron chi connectivity index (χ1n) is 7.25. The number of nitrogens with zero attached hydrogens (tertiary/aromatic N) is 3. The van der Waals surface area contributed by atoms with Gasteiger partial charge in [-0.05, 0) is 12.8 Å². The zero-order valence-electron chi connectivity index (χ0n) is 11.6. The van der Waals surface area contributed by atoms with Crippen LogP contribution in [0, 0.1) is 0 Å². The molecule has 0 spiro atoms. The molecule has 0 aromatic carbocycles. The van der Waals surface area contributed by atoms with Gasteiger partial charge in [-0.2, -0.15) is 0 Å². The van der Waals surface area contributed by atoms with Crippen LogP contribution in [0.4, 0.5) is 11.6 Å². The molecule has 0 bridgehead atoms. The highest BCUT2D eigenvalue weighted by Crippen LogP contribution is 2.38. The summed E-state index contributed by atoms with van der Waals surface area (Å²) in [4.78, 5) is 11.4. The van der Waals surface area contributed by atoms with Crippen molar-refractivity contribution in [3.63, 3.8) is 0 Å². The number of anilines is 2. The van der Waals surface area contributed by atoms with Crippen LogP contribution in [0.2, 0.25) is 0 Å². The van der Waals surface area contributed by atoms with E-state index in [1.165, 1.54) is 12.8 Å². The SMILES string of the molecule is NNc1cc(NCCN2CCOCC2)nc(C2CC2)n1. The van der Waals surface area contributed by atoms with Crippen LogP contribution in [0.15, 0.2) is 6.07 Å². The average Bonchev–Trinajstić information content (AvgIpc) is 3.33. The maximum atomic E-state index is 5.46. The van der Waals surface area contributed by atoms with E-state index in [4.69, 9.17) is 10.6 Å². The molecule has 3 rings (SSSR count). The molecule has 0 unspecified atom stereocenters. The minimum Gasteiger partial charge on any atom is -0.379 e. The molecule has 4 N–H and O–H groups in total. The van der Waals surface area contributed by atoms with Crippen molar-refractivity contribution < 1.29 is 4.74 Å². The van der Waals surface area contributed by atoms with E-state index in [1.54, 1.807) is 0 Å². The highest BCUT2D eigenvalue weighted by molar-refractivity contribution is 5.47. The van der Waals surface area contributed by atoms with Crippen molar-refractivity contribution in [3.8, 4) is 0 Å². The van der Waals surface area contributed by atoms with Crippen molar-refractivity contribution in [1.29, 1.82) is 0 Å². The molecule has 2 fully saturated rings. The Hall–Kier alpha value is -1.44. The Labute approximate surface area is 118 Å². The van der Waals surface area contributed by atoms with Crippen molar-refractivity contribution in [3.05, 3.63) is 11.9 Å². The highest BCUT2D eigenvalue weighted by Gasteiger charge is 2.27. The molecule has 2 aliphatic rings. The zero-order chi connectivity index (χ0) is 13.8. The smallest absolute Gasteiger partial charge is 0.145 e. The first kappa shape index (κ1) is 13.5. The minimum atomic E-state index is 0.517. The number of nitrogen functional groups attached to an aromatic ring is 1. The summed E-state index contributed by atoms with van der Waals surface area (Å²) >= 11 is 0. The summed E-state index contributed by atoms with van der Waals surface area (Å²) < 4.78 is 5.34. The number of ether oxygens (including phenoxy) is 1. The molecule has 2 heterocycles. The second kappa shape index (κ2) is 6.34. The summed E-state index contributed by atoms with van der Waals surface area (Å²) in [6, 6.07) is 1.85. The molecular weight excluding hydrogens is 256 g/mol. The topological polar surface area (TPSA) is 88.3 Å². The van der Waals surface area contributed by atoms with Crippen LogP contribution in [0.3, 0.4) is 0 Å². The second-order valence-corrected chi connectivity index (χ2v) is 5.30. The van der Waals surface area contributed by atoms with Gasteiger partial charge >= 0.3 is 0 Å². The van der Waals surface area contributed by atoms with Crippen molar-refractivity contribution in [2.24, 2.45) is 5.84 Å². The molecule has 1 saturated carbocycles. The van der Waals surface area contributed by atoms with Gasteiger partial charge in [0.05, 0.1) is 13.2 Å². The Balaban J connectivity index is 1.54. The van der Waals surface area contributed by atoms with Gasteiger partial charge in [-0.25, -0.2) is 15.8 Å². The van der Waals surface area contributed by atoms with E-state index < -0.39 is 0 Å². The van der Waals surface area contributed by atoms with Crippen LogP contribution >= 0.6 is 0 Å². The van der Waals surface area contributed by atoms with E-state index in [1.807, 2.05) is 6.07 Å². The molecule has 0 amide bonds. The van der Waals surface area contributed by atoms with E-state index in [0.717, 1.165) is 51.0 Å². The van der Waals surface area contributed by atoms with Gasteiger partial charge in [-0.3, -0.25) is 4.90 Å². The van der Waals surface area contributed by atoms with Crippen LogP contribution in [-0.4, -0.2) is 54.3 Å². The zero-order valence-corrected chi connectivity index (χ0v) is 11.6. The van der Waals surface area contributed by atoms with Gasteiger partial charge in [0.15, 0.2) is 0 Å². The second-order valence-electron chi connectivity index (χ2n) is 5.30. The fourth-order valence-electron chi connectivity index (χ4n) is 2.32. The molecular formula is C13H22N6O. The van der Waals surface area contributed by atoms with Crippen LogP contribution in [0.1, 0.15) is 24.6 Å². The highest BCUT2D eigenvalue weighted by atomic mass is 16.5. The largest absolute Gasteiger partial charge is 0.379 e. The minimum absolute atomic E-state index is 0.517. The summed E-state index contributed by atoms with van der Waals surface area (Å²) in [5, 5.41) is 3.36. The number of hydrogen-bond donors (Lipinski definition) is 3. The fraction of sp³-hybridized carbons (Fsp3) is 0.692. The summed E-state index contributed by atoms with van der Waals surface area (Å²) in [5.41, 5.74) is 2.61. The van der Waals surface area contributed by atoms with Crippen molar-refractivity contribution >= 4 is 11.6 Å². The Kier molecular flexibility index (Phi) is 4.29. The van der Waals surface area contributed by atoms with Gasteiger partial charge in [0, 0.05) is 38.2 Å². The number of nitrogens with two attached hydrogens (primary N) is 1.